The third kappa shape index (κ3) is 4.10. The predicted octanol–water partition coefficient (Wildman–Crippen LogP) is 0.0423. The number of carboxylic acids is 1. The number of nitrogens with one attached hydrogen (secondary N) is 1. The first-order valence-corrected chi connectivity index (χ1v) is 11.2. The van der Waals surface area contributed by atoms with Crippen molar-refractivity contribution in [2.24, 2.45) is 5.92 Å². The Morgan fingerprint density at radius 1 is 1.32 bits per heavy atom. The average Bonchev–Trinajstić information content (AvgIpc) is 3.33. The van der Waals surface area contributed by atoms with Crippen LogP contribution in [0.4, 0.5) is 10.2 Å². The van der Waals surface area contributed by atoms with Crippen LogP contribution in [0.1, 0.15) is 10.4 Å². The highest BCUT2D eigenvalue weighted by atomic mass is 32.1. The second-order valence-electron chi connectivity index (χ2n) is 7.85. The molecule has 1 amide bonds. The first-order valence-electron chi connectivity index (χ1n) is 10.4. The van der Waals surface area contributed by atoms with Crippen molar-refractivity contribution in [3.05, 3.63) is 40.2 Å². The second kappa shape index (κ2) is 9.04. The van der Waals surface area contributed by atoms with Gasteiger partial charge in [0.25, 0.3) is 0 Å². The van der Waals surface area contributed by atoms with Crippen molar-refractivity contribution in [2.75, 3.05) is 44.4 Å². The Kier molecular flexibility index (Phi) is 5.93. The molecule has 5 rings (SSSR count). The monoisotopic (exact) mass is 490 g/mol. The van der Waals surface area contributed by atoms with Crippen LogP contribution in [0.15, 0.2) is 23.4 Å². The van der Waals surface area contributed by atoms with E-state index >= 15 is 0 Å². The minimum Gasteiger partial charge on any atom is -0.477 e. The van der Waals surface area contributed by atoms with E-state index < -0.39 is 22.8 Å². The molecule has 5 heterocycles. The van der Waals surface area contributed by atoms with E-state index in [0.29, 0.717) is 26.4 Å². The first kappa shape index (κ1) is 22.3. The van der Waals surface area contributed by atoms with Gasteiger partial charge in [-0.25, -0.2) is 19.2 Å². The zero-order chi connectivity index (χ0) is 23.8. The Bertz CT molecular complexity index is 1300. The molecule has 0 saturated carbocycles. The minimum absolute atomic E-state index is 0.0405. The molecule has 178 valence electrons. The van der Waals surface area contributed by atoms with Gasteiger partial charge in [-0.2, -0.15) is 4.37 Å². The van der Waals surface area contributed by atoms with Crippen molar-refractivity contribution in [2.45, 2.75) is 6.10 Å². The summed E-state index contributed by atoms with van der Waals surface area (Å²) < 4.78 is 30.9. The Morgan fingerprint density at radius 3 is 2.82 bits per heavy atom. The summed E-state index contributed by atoms with van der Waals surface area (Å²) in [5.41, 5.74) is -1.34. The Morgan fingerprint density at radius 2 is 2.15 bits per heavy atom. The van der Waals surface area contributed by atoms with E-state index in [1.165, 1.54) is 10.9 Å². The molecule has 3 aromatic rings. The quantitative estimate of drug-likeness (QED) is 0.485. The lowest BCUT2D eigenvalue weighted by Crippen LogP contribution is -2.55. The maximum absolute atomic E-state index is 14.9. The second-order valence-corrected chi connectivity index (χ2v) is 8.61. The Balaban J connectivity index is 1.38. The molecule has 2 saturated heterocycles. The molecule has 2 aliphatic heterocycles. The fraction of sp³-hybridized carbons (Fsp3) is 0.400. The van der Waals surface area contributed by atoms with Crippen LogP contribution in [-0.2, 0) is 14.3 Å². The Labute approximate surface area is 195 Å². The zero-order valence-corrected chi connectivity index (χ0v) is 18.5. The van der Waals surface area contributed by atoms with Crippen LogP contribution in [0.3, 0.4) is 0 Å². The number of aromatic carboxylic acids is 1. The molecule has 0 spiro atoms. The van der Waals surface area contributed by atoms with Crippen LogP contribution in [0.2, 0.25) is 0 Å². The lowest BCUT2D eigenvalue weighted by molar-refractivity contribution is -0.128. The van der Waals surface area contributed by atoms with Gasteiger partial charge in [0, 0.05) is 37.4 Å². The predicted molar refractivity (Wildman–Crippen MR) is 117 cm³/mol. The summed E-state index contributed by atoms with van der Waals surface area (Å²) in [4.78, 5) is 46.6. The molecule has 0 bridgehead atoms. The van der Waals surface area contributed by atoms with Crippen LogP contribution in [0.25, 0.3) is 16.2 Å². The van der Waals surface area contributed by atoms with Crippen LogP contribution in [-0.4, -0.2) is 81.5 Å². The zero-order valence-electron chi connectivity index (χ0n) is 17.6. The normalized spacial score (nSPS) is 18.6. The SMILES string of the molecule is O=C(O)c1cn(-c2ncns2)c2nc(N3CC(C(=O)NCC4COCCO4)C3)c(F)cc2c1=O. The van der Waals surface area contributed by atoms with Crippen molar-refractivity contribution in [3.8, 4) is 5.13 Å². The fourth-order valence-electron chi connectivity index (χ4n) is 3.84. The lowest BCUT2D eigenvalue weighted by Gasteiger charge is -2.39. The molecule has 0 aliphatic carbocycles. The van der Waals surface area contributed by atoms with Crippen molar-refractivity contribution < 1.29 is 28.6 Å². The number of hydrogen-bond acceptors (Lipinski definition) is 10. The summed E-state index contributed by atoms with van der Waals surface area (Å²) in [6.07, 6.45) is 2.19. The number of halogens is 1. The number of ether oxygens (including phenoxy) is 2. The molecule has 0 aromatic carbocycles. The van der Waals surface area contributed by atoms with E-state index in [9.17, 15) is 23.9 Å². The molecule has 1 unspecified atom stereocenters. The van der Waals surface area contributed by atoms with Crippen LogP contribution < -0.4 is 15.6 Å². The topological polar surface area (TPSA) is 149 Å². The number of anilines is 1. The lowest BCUT2D eigenvalue weighted by atomic mass is 9.99. The van der Waals surface area contributed by atoms with Gasteiger partial charge >= 0.3 is 5.97 Å². The molecule has 1 atom stereocenters. The van der Waals surface area contributed by atoms with Crippen molar-refractivity contribution in [1.82, 2.24) is 24.2 Å². The van der Waals surface area contributed by atoms with Gasteiger partial charge in [-0.05, 0) is 6.07 Å². The molecule has 2 aliphatic rings. The number of carboxylic acid groups (broad SMARTS) is 1. The van der Waals surface area contributed by atoms with Crippen molar-refractivity contribution in [3.63, 3.8) is 0 Å². The molecule has 2 N–H and O–H groups in total. The van der Waals surface area contributed by atoms with Gasteiger partial charge in [-0.1, -0.05) is 0 Å². The summed E-state index contributed by atoms with van der Waals surface area (Å²) >= 11 is 0.964. The number of hydrogen-bond donors (Lipinski definition) is 2. The van der Waals surface area contributed by atoms with E-state index in [0.717, 1.165) is 23.8 Å². The van der Waals surface area contributed by atoms with Gasteiger partial charge in [0.2, 0.25) is 16.5 Å². The summed E-state index contributed by atoms with van der Waals surface area (Å²) in [5, 5.41) is 12.3. The summed E-state index contributed by atoms with van der Waals surface area (Å²) in [6, 6.07) is 0.970. The van der Waals surface area contributed by atoms with E-state index in [1.807, 2.05) is 0 Å². The molecule has 3 aromatic heterocycles. The highest BCUT2D eigenvalue weighted by molar-refractivity contribution is 7.08. The van der Waals surface area contributed by atoms with Gasteiger partial charge in [-0.3, -0.25) is 14.2 Å². The highest BCUT2D eigenvalue weighted by Crippen LogP contribution is 2.28. The van der Waals surface area contributed by atoms with E-state index in [-0.39, 0.29) is 53.0 Å². The smallest absolute Gasteiger partial charge is 0.341 e. The van der Waals surface area contributed by atoms with Gasteiger partial charge in [-0.15, -0.1) is 0 Å². The van der Waals surface area contributed by atoms with Crippen LogP contribution in [0, 0.1) is 11.7 Å². The highest BCUT2D eigenvalue weighted by Gasteiger charge is 2.35. The number of amides is 1. The van der Waals surface area contributed by atoms with Crippen molar-refractivity contribution >= 4 is 40.3 Å². The number of aromatic nitrogens is 4. The number of carbonyl (C=O) groups is 2. The van der Waals surface area contributed by atoms with Crippen molar-refractivity contribution in [1.29, 1.82) is 0 Å². The summed E-state index contributed by atoms with van der Waals surface area (Å²) in [6.45, 7) is 2.25. The largest absolute Gasteiger partial charge is 0.477 e. The van der Waals surface area contributed by atoms with Gasteiger partial charge < -0.3 is 24.8 Å². The first-order chi connectivity index (χ1) is 16.4. The fourth-order valence-corrected chi connectivity index (χ4v) is 4.35. The third-order valence-corrected chi connectivity index (χ3v) is 6.31. The standard InChI is InChI=1S/C20H19FN6O6S/c21-14-3-12-15(28)13(19(30)31)7-27(20-23-9-24-34-20)16(12)25-17(14)26-5-10(6-26)18(29)22-4-11-8-32-1-2-33-11/h3,7,9-11H,1-2,4-6,8H2,(H,22,29)(H,30,31). The number of nitrogens with zero attached hydrogens (tertiary/aromatic N) is 5. The molecule has 34 heavy (non-hydrogen) atoms. The Hall–Kier alpha value is -3.49. The summed E-state index contributed by atoms with van der Waals surface area (Å²) in [5.74, 6) is -2.81. The maximum atomic E-state index is 14.9. The van der Waals surface area contributed by atoms with E-state index in [1.54, 1.807) is 4.90 Å². The number of rotatable bonds is 6. The molecule has 12 nitrogen and oxygen atoms in total. The number of fused-ring (bicyclic) bond motifs is 1. The molecule has 14 heteroatoms. The summed E-state index contributed by atoms with van der Waals surface area (Å²) in [7, 11) is 0. The maximum Gasteiger partial charge on any atom is 0.341 e. The average molecular weight is 490 g/mol. The van der Waals surface area contributed by atoms with Gasteiger partial charge in [0.05, 0.1) is 37.2 Å². The molecule has 0 radical (unpaired) electrons. The number of carbonyl (C=O) groups excluding carboxylic acids is 1. The van der Waals surface area contributed by atoms with Gasteiger partial charge in [0.15, 0.2) is 17.3 Å². The minimum atomic E-state index is -1.45. The third-order valence-electron chi connectivity index (χ3n) is 5.64. The van der Waals surface area contributed by atoms with E-state index in [2.05, 4.69) is 19.7 Å². The van der Waals surface area contributed by atoms with Crippen LogP contribution >= 0.6 is 11.5 Å². The molecular weight excluding hydrogens is 471 g/mol. The van der Waals surface area contributed by atoms with Crippen LogP contribution in [0.5, 0.6) is 0 Å². The molecular formula is C20H19FN6O6S. The van der Waals surface area contributed by atoms with Gasteiger partial charge in [0.1, 0.15) is 11.9 Å². The van der Waals surface area contributed by atoms with E-state index in [4.69, 9.17) is 9.47 Å². The molecule has 2 fully saturated rings. The number of pyridine rings is 2.